The number of hydrogen-bond donors (Lipinski definition) is 2. The minimum atomic E-state index is 0.355. The molecule has 0 radical (unpaired) electrons. The van der Waals surface area contributed by atoms with E-state index in [1.54, 1.807) is 0 Å². The number of phenolic OH excluding ortho intramolecular Hbond substituents is 1. The van der Waals surface area contributed by atoms with Gasteiger partial charge < -0.3 is 5.11 Å². The van der Waals surface area contributed by atoms with Gasteiger partial charge in [-0.2, -0.15) is 12.6 Å². The molecular weight excluding hydrogens is 180 g/mol. The van der Waals surface area contributed by atoms with Crippen LogP contribution in [0.3, 0.4) is 0 Å². The van der Waals surface area contributed by atoms with E-state index in [0.717, 1.165) is 16.3 Å². The van der Waals surface area contributed by atoms with Crippen molar-refractivity contribution in [3.8, 4) is 5.75 Å². The molecule has 13 heavy (non-hydrogen) atoms. The lowest BCUT2D eigenvalue weighted by Crippen LogP contribution is -1.81. The Balaban J connectivity index is 2.79. The third-order valence-electron chi connectivity index (χ3n) is 2.15. The number of thiol groups is 1. The van der Waals surface area contributed by atoms with E-state index in [1.165, 1.54) is 0 Å². The molecule has 0 aliphatic heterocycles. The summed E-state index contributed by atoms with van der Waals surface area (Å²) in [5.74, 6) is 0.921. The summed E-state index contributed by atoms with van der Waals surface area (Å²) in [5.41, 5.74) is 0.877. The Hall–Kier alpha value is -1.15. The van der Waals surface area contributed by atoms with Gasteiger partial charge in [0.1, 0.15) is 5.75 Å². The maximum atomic E-state index is 9.80. The molecule has 2 aromatic carbocycles. The number of phenols is 1. The summed E-state index contributed by atoms with van der Waals surface area (Å²) < 4.78 is 0. The average molecular weight is 190 g/mol. The van der Waals surface area contributed by atoms with Crippen molar-refractivity contribution in [2.75, 3.05) is 0 Å². The maximum Gasteiger partial charge on any atom is 0.127 e. The smallest absolute Gasteiger partial charge is 0.127 e. The van der Waals surface area contributed by atoms with Gasteiger partial charge >= 0.3 is 0 Å². The maximum absolute atomic E-state index is 9.80. The van der Waals surface area contributed by atoms with Gasteiger partial charge in [-0.1, -0.05) is 36.4 Å². The predicted molar refractivity (Wildman–Crippen MR) is 58.3 cm³/mol. The molecule has 0 saturated heterocycles. The zero-order valence-corrected chi connectivity index (χ0v) is 7.96. The second-order valence-corrected chi connectivity index (χ2v) is 3.27. The van der Waals surface area contributed by atoms with Gasteiger partial charge in [0.25, 0.3) is 0 Å². The van der Waals surface area contributed by atoms with E-state index in [-0.39, 0.29) is 0 Å². The van der Waals surface area contributed by atoms with Crippen LogP contribution in [0.1, 0.15) is 5.56 Å². The third-order valence-corrected chi connectivity index (χ3v) is 2.50. The van der Waals surface area contributed by atoms with Crippen molar-refractivity contribution in [3.05, 3.63) is 42.0 Å². The number of fused-ring (bicyclic) bond motifs is 1. The van der Waals surface area contributed by atoms with Crippen molar-refractivity contribution in [2.45, 2.75) is 5.75 Å². The fourth-order valence-electron chi connectivity index (χ4n) is 1.43. The Morgan fingerprint density at radius 3 is 2.62 bits per heavy atom. The molecule has 1 N–H and O–H groups in total. The van der Waals surface area contributed by atoms with Gasteiger partial charge in [-0.25, -0.2) is 0 Å². The van der Waals surface area contributed by atoms with Gasteiger partial charge in [-0.15, -0.1) is 0 Å². The molecule has 0 aliphatic rings. The molecule has 0 saturated carbocycles. The minimum absolute atomic E-state index is 0.355. The molecule has 0 aromatic heterocycles. The van der Waals surface area contributed by atoms with Crippen LogP contribution in [-0.4, -0.2) is 5.11 Å². The predicted octanol–water partition coefficient (Wildman–Crippen LogP) is 2.98. The highest BCUT2D eigenvalue weighted by molar-refractivity contribution is 7.79. The minimum Gasteiger partial charge on any atom is -0.507 e. The first-order valence-electron chi connectivity index (χ1n) is 4.13. The van der Waals surface area contributed by atoms with E-state index in [4.69, 9.17) is 0 Å². The summed E-state index contributed by atoms with van der Waals surface area (Å²) in [7, 11) is 0. The van der Waals surface area contributed by atoms with E-state index in [1.807, 2.05) is 36.4 Å². The van der Waals surface area contributed by atoms with E-state index in [2.05, 4.69) is 12.6 Å². The normalized spacial score (nSPS) is 10.5. The second-order valence-electron chi connectivity index (χ2n) is 2.95. The number of benzene rings is 2. The lowest BCUT2D eigenvalue weighted by atomic mass is 10.1. The van der Waals surface area contributed by atoms with Crippen molar-refractivity contribution in [2.24, 2.45) is 0 Å². The Morgan fingerprint density at radius 2 is 1.85 bits per heavy atom. The highest BCUT2D eigenvalue weighted by atomic mass is 32.1. The first kappa shape index (κ1) is 8.45. The van der Waals surface area contributed by atoms with Crippen molar-refractivity contribution in [1.82, 2.24) is 0 Å². The molecule has 0 fully saturated rings. The second kappa shape index (κ2) is 3.30. The lowest BCUT2D eigenvalue weighted by Gasteiger charge is -2.04. The third kappa shape index (κ3) is 1.38. The largest absolute Gasteiger partial charge is 0.507 e. The van der Waals surface area contributed by atoms with Gasteiger partial charge in [0, 0.05) is 16.7 Å². The fraction of sp³-hybridized carbons (Fsp3) is 0.0909. The fourth-order valence-corrected chi connectivity index (χ4v) is 1.68. The molecule has 2 heteroatoms. The highest BCUT2D eigenvalue weighted by Gasteiger charge is 2.03. The highest BCUT2D eigenvalue weighted by Crippen LogP contribution is 2.29. The summed E-state index contributed by atoms with van der Waals surface area (Å²) in [6, 6.07) is 11.7. The van der Waals surface area contributed by atoms with Crippen LogP contribution in [0.25, 0.3) is 10.8 Å². The van der Waals surface area contributed by atoms with Crippen molar-refractivity contribution in [1.29, 1.82) is 0 Å². The first-order chi connectivity index (χ1) is 6.33. The van der Waals surface area contributed by atoms with E-state index in [0.29, 0.717) is 11.5 Å². The number of rotatable bonds is 1. The summed E-state index contributed by atoms with van der Waals surface area (Å²) >= 11 is 4.15. The quantitative estimate of drug-likeness (QED) is 0.662. The summed E-state index contributed by atoms with van der Waals surface area (Å²) in [6.07, 6.45) is 0. The average Bonchev–Trinajstić information content (AvgIpc) is 2.19. The summed E-state index contributed by atoms with van der Waals surface area (Å²) in [5, 5.41) is 11.8. The van der Waals surface area contributed by atoms with Crippen LogP contribution in [0.5, 0.6) is 5.75 Å². The standard InChI is InChI=1S/C11H10OS/c12-11-9(7-13)6-5-8-3-1-2-4-10(8)11/h1-6,12-13H,7H2. The van der Waals surface area contributed by atoms with Crippen molar-refractivity contribution in [3.63, 3.8) is 0 Å². The van der Waals surface area contributed by atoms with Crippen LogP contribution >= 0.6 is 12.6 Å². The molecule has 2 aromatic rings. The summed E-state index contributed by atoms with van der Waals surface area (Å²) in [4.78, 5) is 0. The molecule has 66 valence electrons. The topological polar surface area (TPSA) is 20.2 Å². The molecule has 2 rings (SSSR count). The van der Waals surface area contributed by atoms with Crippen LogP contribution in [0, 0.1) is 0 Å². The molecule has 1 nitrogen and oxygen atoms in total. The Morgan fingerprint density at radius 1 is 1.08 bits per heavy atom. The van der Waals surface area contributed by atoms with Crippen molar-refractivity contribution >= 4 is 23.4 Å². The number of hydrogen-bond acceptors (Lipinski definition) is 2. The molecule has 0 bridgehead atoms. The van der Waals surface area contributed by atoms with Crippen LogP contribution in [0.4, 0.5) is 0 Å². The number of aromatic hydroxyl groups is 1. The Bertz CT molecular complexity index is 437. The Kier molecular flexibility index (Phi) is 2.15. The van der Waals surface area contributed by atoms with Gasteiger partial charge in [0.15, 0.2) is 0 Å². The first-order valence-corrected chi connectivity index (χ1v) is 4.76. The van der Waals surface area contributed by atoms with Gasteiger partial charge in [0.2, 0.25) is 0 Å². The van der Waals surface area contributed by atoms with E-state index >= 15 is 0 Å². The summed E-state index contributed by atoms with van der Waals surface area (Å²) in [6.45, 7) is 0. The molecule has 0 atom stereocenters. The monoisotopic (exact) mass is 190 g/mol. The lowest BCUT2D eigenvalue weighted by molar-refractivity contribution is 0.477. The van der Waals surface area contributed by atoms with Crippen LogP contribution in [0.15, 0.2) is 36.4 Å². The van der Waals surface area contributed by atoms with Crippen LogP contribution in [0.2, 0.25) is 0 Å². The van der Waals surface area contributed by atoms with E-state index in [9.17, 15) is 5.11 Å². The molecule has 0 spiro atoms. The molecule has 0 amide bonds. The van der Waals surface area contributed by atoms with Crippen LogP contribution < -0.4 is 0 Å². The van der Waals surface area contributed by atoms with E-state index < -0.39 is 0 Å². The van der Waals surface area contributed by atoms with Gasteiger partial charge in [-0.05, 0) is 5.39 Å². The van der Waals surface area contributed by atoms with Gasteiger partial charge in [-0.3, -0.25) is 0 Å². The van der Waals surface area contributed by atoms with Crippen molar-refractivity contribution < 1.29 is 5.11 Å². The van der Waals surface area contributed by atoms with Crippen LogP contribution in [-0.2, 0) is 5.75 Å². The van der Waals surface area contributed by atoms with Gasteiger partial charge in [0.05, 0.1) is 0 Å². The molecular formula is C11H10OS. The molecule has 0 aliphatic carbocycles. The Labute approximate surface area is 82.4 Å². The SMILES string of the molecule is Oc1c(CS)ccc2ccccc12. The zero-order valence-electron chi connectivity index (χ0n) is 7.07. The zero-order chi connectivity index (χ0) is 9.26. The molecule has 0 heterocycles. The molecule has 0 unspecified atom stereocenters.